The van der Waals surface area contributed by atoms with Gasteiger partial charge in [0.1, 0.15) is 6.29 Å². The first-order chi connectivity index (χ1) is 19.2. The first-order valence-electron chi connectivity index (χ1n) is 14.0. The van der Waals surface area contributed by atoms with E-state index >= 15 is 0 Å². The average molecular weight is 570 g/mol. The minimum absolute atomic E-state index is 0.178. The number of carbonyl (C=O) groups excluding carboxylic acids is 1. The molecule has 1 fully saturated rings. The van der Waals surface area contributed by atoms with Gasteiger partial charge in [-0.2, -0.15) is 11.8 Å². The van der Waals surface area contributed by atoms with Crippen LogP contribution >= 0.6 is 23.4 Å². The molecule has 0 bridgehead atoms. The standard InChI is InChI=1S/C35H36ClNO2S/c1-34(2,39)31-9-4-3-7-26(31)13-17-33(40-24-35(18-19-35)20-21-38)28-8-5-6-25(22-28)10-15-30-16-12-27-11-14-29(36)23-32(27)37-30/h3-12,14-16,21-23,33,39H,13,17-20,24H2,1-2H3/b15-10+/t33-/m1/s1. The highest BCUT2D eigenvalue weighted by atomic mass is 35.5. The molecule has 0 aliphatic heterocycles. The van der Waals surface area contributed by atoms with Crippen LogP contribution in [0.25, 0.3) is 23.1 Å². The summed E-state index contributed by atoms with van der Waals surface area (Å²) in [6.07, 6.45) is 10.0. The van der Waals surface area contributed by atoms with Crippen LogP contribution in [0.4, 0.5) is 0 Å². The Labute approximate surface area is 246 Å². The summed E-state index contributed by atoms with van der Waals surface area (Å²) in [5.74, 6) is 0.993. The molecule has 5 heteroatoms. The number of hydrogen-bond acceptors (Lipinski definition) is 4. The number of aliphatic hydroxyl groups is 1. The number of aryl methyl sites for hydroxylation is 1. The lowest BCUT2D eigenvalue weighted by molar-refractivity contribution is -0.108. The van der Waals surface area contributed by atoms with E-state index in [1.807, 2.05) is 68.1 Å². The monoisotopic (exact) mass is 569 g/mol. The van der Waals surface area contributed by atoms with E-state index in [0.717, 1.165) is 65.4 Å². The Hall–Kier alpha value is -2.92. The van der Waals surface area contributed by atoms with E-state index in [-0.39, 0.29) is 10.7 Å². The smallest absolute Gasteiger partial charge is 0.120 e. The molecule has 1 aromatic heterocycles. The second kappa shape index (κ2) is 12.3. The molecule has 3 aromatic carbocycles. The van der Waals surface area contributed by atoms with Gasteiger partial charge in [-0.15, -0.1) is 0 Å². The predicted octanol–water partition coefficient (Wildman–Crippen LogP) is 9.06. The first kappa shape index (κ1) is 28.6. The molecule has 0 spiro atoms. The van der Waals surface area contributed by atoms with E-state index in [2.05, 4.69) is 48.5 Å². The van der Waals surface area contributed by atoms with Gasteiger partial charge in [-0.3, -0.25) is 0 Å². The molecule has 0 saturated heterocycles. The molecule has 40 heavy (non-hydrogen) atoms. The molecular formula is C35H36ClNO2S. The molecule has 1 atom stereocenters. The summed E-state index contributed by atoms with van der Waals surface area (Å²) in [6, 6.07) is 26.8. The fraction of sp³-hybridized carbons (Fsp3) is 0.314. The maximum absolute atomic E-state index is 11.3. The van der Waals surface area contributed by atoms with E-state index in [1.54, 1.807) is 0 Å². The first-order valence-corrected chi connectivity index (χ1v) is 15.4. The molecule has 1 N–H and O–H groups in total. The van der Waals surface area contributed by atoms with Gasteiger partial charge in [-0.05, 0) is 97.2 Å². The second-order valence-electron chi connectivity index (χ2n) is 11.5. The van der Waals surface area contributed by atoms with Crippen LogP contribution in [0.15, 0.2) is 78.9 Å². The number of carbonyl (C=O) groups is 1. The van der Waals surface area contributed by atoms with Gasteiger partial charge in [-0.25, -0.2) is 4.98 Å². The fourth-order valence-corrected chi connectivity index (χ4v) is 7.00. The van der Waals surface area contributed by atoms with Crippen molar-refractivity contribution in [3.8, 4) is 0 Å². The van der Waals surface area contributed by atoms with Crippen LogP contribution in [0, 0.1) is 5.41 Å². The van der Waals surface area contributed by atoms with Crippen molar-refractivity contribution < 1.29 is 9.90 Å². The van der Waals surface area contributed by atoms with Gasteiger partial charge in [0.15, 0.2) is 0 Å². The third-order valence-corrected chi connectivity index (χ3v) is 9.75. The molecular weight excluding hydrogens is 534 g/mol. The third kappa shape index (κ3) is 7.23. The maximum Gasteiger partial charge on any atom is 0.120 e. The molecule has 1 aliphatic rings. The van der Waals surface area contributed by atoms with Crippen molar-refractivity contribution in [1.82, 2.24) is 4.98 Å². The lowest BCUT2D eigenvalue weighted by Gasteiger charge is -2.24. The lowest BCUT2D eigenvalue weighted by atomic mass is 9.90. The van der Waals surface area contributed by atoms with Crippen LogP contribution in [0.1, 0.15) is 72.7 Å². The number of aromatic nitrogens is 1. The normalized spacial score (nSPS) is 15.4. The van der Waals surface area contributed by atoms with E-state index in [0.29, 0.717) is 11.4 Å². The summed E-state index contributed by atoms with van der Waals surface area (Å²) in [4.78, 5) is 16.0. The van der Waals surface area contributed by atoms with E-state index in [9.17, 15) is 9.90 Å². The van der Waals surface area contributed by atoms with Crippen LogP contribution in [0.5, 0.6) is 0 Å². The fourth-order valence-electron chi connectivity index (χ4n) is 5.25. The maximum atomic E-state index is 11.3. The Morgan fingerprint density at radius 3 is 2.60 bits per heavy atom. The van der Waals surface area contributed by atoms with Crippen molar-refractivity contribution in [1.29, 1.82) is 0 Å². The van der Waals surface area contributed by atoms with E-state index < -0.39 is 5.60 Å². The van der Waals surface area contributed by atoms with Gasteiger partial charge in [0.2, 0.25) is 0 Å². The number of hydrogen-bond donors (Lipinski definition) is 1. The van der Waals surface area contributed by atoms with E-state index in [4.69, 9.17) is 16.6 Å². The molecule has 0 unspecified atom stereocenters. The lowest BCUT2D eigenvalue weighted by Crippen LogP contribution is -2.18. The minimum atomic E-state index is -0.881. The summed E-state index contributed by atoms with van der Waals surface area (Å²) in [7, 11) is 0. The Bertz CT molecular complexity index is 1520. The van der Waals surface area contributed by atoms with Crippen LogP contribution in [0.3, 0.4) is 0 Å². The molecule has 1 saturated carbocycles. The zero-order chi connectivity index (χ0) is 28.2. The number of thioether (sulfide) groups is 1. The van der Waals surface area contributed by atoms with Crippen LogP contribution in [0.2, 0.25) is 5.02 Å². The highest BCUT2D eigenvalue weighted by Gasteiger charge is 2.42. The number of benzene rings is 3. The van der Waals surface area contributed by atoms with Crippen LogP contribution < -0.4 is 0 Å². The molecule has 3 nitrogen and oxygen atoms in total. The predicted molar refractivity (Wildman–Crippen MR) is 170 cm³/mol. The highest BCUT2D eigenvalue weighted by molar-refractivity contribution is 7.99. The Morgan fingerprint density at radius 2 is 1.82 bits per heavy atom. The molecule has 5 rings (SSSR count). The number of halogens is 1. The highest BCUT2D eigenvalue weighted by Crippen LogP contribution is 2.53. The molecule has 206 valence electrons. The summed E-state index contributed by atoms with van der Waals surface area (Å²) in [5, 5.41) is 12.8. The van der Waals surface area contributed by atoms with Crippen molar-refractivity contribution in [2.75, 3.05) is 5.75 Å². The Kier molecular flexibility index (Phi) is 8.80. The van der Waals surface area contributed by atoms with Crippen molar-refractivity contribution >= 4 is 52.7 Å². The van der Waals surface area contributed by atoms with Crippen LogP contribution in [-0.2, 0) is 16.8 Å². The summed E-state index contributed by atoms with van der Waals surface area (Å²) in [5.41, 5.74) is 5.66. The van der Waals surface area contributed by atoms with Crippen molar-refractivity contribution in [2.45, 2.75) is 56.8 Å². The SMILES string of the molecule is CC(C)(O)c1ccccc1CC[C@@H](SCC1(CC=O)CC1)c1cccc(/C=C/c2ccc3ccc(Cl)cc3n2)c1. The van der Waals surface area contributed by atoms with E-state index in [1.165, 1.54) is 11.1 Å². The minimum Gasteiger partial charge on any atom is -0.386 e. The zero-order valence-electron chi connectivity index (χ0n) is 23.1. The van der Waals surface area contributed by atoms with Crippen molar-refractivity contribution in [2.24, 2.45) is 5.41 Å². The quantitative estimate of drug-likeness (QED) is 0.173. The topological polar surface area (TPSA) is 50.2 Å². The summed E-state index contributed by atoms with van der Waals surface area (Å²) >= 11 is 8.14. The van der Waals surface area contributed by atoms with Gasteiger partial charge in [0.05, 0.1) is 16.8 Å². The number of nitrogens with zero attached hydrogens (tertiary/aromatic N) is 1. The number of aldehydes is 1. The molecule has 0 amide bonds. The largest absolute Gasteiger partial charge is 0.386 e. The van der Waals surface area contributed by atoms with Gasteiger partial charge in [0, 0.05) is 22.1 Å². The van der Waals surface area contributed by atoms with Gasteiger partial charge in [0.25, 0.3) is 0 Å². The zero-order valence-corrected chi connectivity index (χ0v) is 24.7. The second-order valence-corrected chi connectivity index (χ2v) is 13.1. The van der Waals surface area contributed by atoms with Gasteiger partial charge in [-0.1, -0.05) is 78.3 Å². The summed E-state index contributed by atoms with van der Waals surface area (Å²) < 4.78 is 0. The Morgan fingerprint density at radius 1 is 1.02 bits per heavy atom. The van der Waals surface area contributed by atoms with Crippen LogP contribution in [-0.4, -0.2) is 22.1 Å². The number of pyridine rings is 1. The van der Waals surface area contributed by atoms with Crippen molar-refractivity contribution in [3.05, 3.63) is 112 Å². The third-order valence-electron chi connectivity index (χ3n) is 7.82. The van der Waals surface area contributed by atoms with Crippen molar-refractivity contribution in [3.63, 3.8) is 0 Å². The molecule has 1 heterocycles. The molecule has 1 aliphatic carbocycles. The van der Waals surface area contributed by atoms with Gasteiger partial charge >= 0.3 is 0 Å². The van der Waals surface area contributed by atoms with Gasteiger partial charge < -0.3 is 9.90 Å². The summed E-state index contributed by atoms with van der Waals surface area (Å²) in [6.45, 7) is 3.70. The Balaban J connectivity index is 1.37. The molecule has 0 radical (unpaired) electrons. The molecule has 4 aromatic rings. The number of rotatable bonds is 12. The average Bonchev–Trinajstić information content (AvgIpc) is 3.71. The number of fused-ring (bicyclic) bond motifs is 1.